The van der Waals surface area contributed by atoms with Crippen molar-refractivity contribution in [1.82, 2.24) is 0 Å². The van der Waals surface area contributed by atoms with Gasteiger partial charge in [-0.25, -0.2) is 4.79 Å². The first kappa shape index (κ1) is 16.4. The Hall–Kier alpha value is -1.65. The monoisotopic (exact) mass is 278 g/mol. The number of ether oxygens (including phenoxy) is 2. The second-order valence-corrected chi connectivity index (χ2v) is 4.73. The minimum absolute atomic E-state index is 0.118. The van der Waals surface area contributed by atoms with Gasteiger partial charge in [0.2, 0.25) is 0 Å². The van der Waals surface area contributed by atoms with Gasteiger partial charge in [0.1, 0.15) is 0 Å². The molecule has 0 fully saturated rings. The fourth-order valence-electron chi connectivity index (χ4n) is 1.89. The number of aliphatic hydroxyl groups excluding tert-OH is 1. The van der Waals surface area contributed by atoms with Crippen LogP contribution in [0, 0.1) is 11.8 Å². The summed E-state index contributed by atoms with van der Waals surface area (Å²) in [5.41, 5.74) is 1.08. The molecule has 0 spiro atoms. The lowest BCUT2D eigenvalue weighted by molar-refractivity contribution is -0.154. The minimum atomic E-state index is -1.16. The van der Waals surface area contributed by atoms with Crippen LogP contribution in [0.5, 0.6) is 0 Å². The summed E-state index contributed by atoms with van der Waals surface area (Å²) >= 11 is 0. The smallest absolute Gasteiger partial charge is 0.334 e. The van der Waals surface area contributed by atoms with Gasteiger partial charge >= 0.3 is 5.97 Å². The third kappa shape index (κ3) is 4.79. The molecule has 0 aliphatic rings. The molecule has 3 atom stereocenters. The van der Waals surface area contributed by atoms with Gasteiger partial charge in [-0.3, -0.25) is 0 Å². The highest BCUT2D eigenvalue weighted by molar-refractivity contribution is 5.74. The van der Waals surface area contributed by atoms with Crippen molar-refractivity contribution in [2.24, 2.45) is 11.8 Å². The Morgan fingerprint density at radius 3 is 2.60 bits per heavy atom. The van der Waals surface area contributed by atoms with Crippen LogP contribution in [0.2, 0.25) is 0 Å². The maximum absolute atomic E-state index is 11.3. The molecule has 0 heterocycles. The molecule has 1 rings (SSSR count). The van der Waals surface area contributed by atoms with E-state index in [1.54, 1.807) is 13.0 Å². The molecule has 0 saturated carbocycles. The van der Waals surface area contributed by atoms with Gasteiger partial charge in [0.25, 0.3) is 0 Å². The van der Waals surface area contributed by atoms with Gasteiger partial charge in [-0.05, 0) is 5.56 Å². The lowest BCUT2D eigenvalue weighted by atomic mass is 9.90. The summed E-state index contributed by atoms with van der Waals surface area (Å²) in [4.78, 5) is 11.3. The Balaban J connectivity index is 2.46. The summed E-state index contributed by atoms with van der Waals surface area (Å²) < 4.78 is 10.2. The Kier molecular flexibility index (Phi) is 6.98. The summed E-state index contributed by atoms with van der Waals surface area (Å²) in [5, 5.41) is 9.83. The summed E-state index contributed by atoms with van der Waals surface area (Å²) in [6, 6.07) is 9.82. The number of hydrogen-bond acceptors (Lipinski definition) is 4. The summed E-state index contributed by atoms with van der Waals surface area (Å²) in [5.74, 6) is -1.06. The number of hydrogen-bond donors (Lipinski definition) is 1. The van der Waals surface area contributed by atoms with Gasteiger partial charge in [0.05, 0.1) is 20.3 Å². The second kappa shape index (κ2) is 8.51. The Morgan fingerprint density at radius 2 is 2.05 bits per heavy atom. The van der Waals surface area contributed by atoms with E-state index >= 15 is 0 Å². The molecule has 0 saturated heterocycles. The molecular weight excluding hydrogens is 256 g/mol. The van der Waals surface area contributed by atoms with Crippen LogP contribution >= 0.6 is 0 Å². The topological polar surface area (TPSA) is 55.8 Å². The van der Waals surface area contributed by atoms with Crippen LogP contribution in [0.4, 0.5) is 0 Å². The molecule has 0 aliphatic heterocycles. The first-order valence-corrected chi connectivity index (χ1v) is 6.60. The maximum Gasteiger partial charge on any atom is 0.334 e. The number of carbonyl (C=O) groups excluding carboxylic acids is 1. The van der Waals surface area contributed by atoms with E-state index in [1.165, 1.54) is 7.11 Å². The lowest BCUT2D eigenvalue weighted by Gasteiger charge is -2.24. The van der Waals surface area contributed by atoms with Gasteiger partial charge in [-0.1, -0.05) is 43.3 Å². The molecule has 0 aromatic heterocycles. The van der Waals surface area contributed by atoms with E-state index < -0.39 is 12.1 Å². The lowest BCUT2D eigenvalue weighted by Crippen LogP contribution is -2.34. The molecular formula is C16H22O4. The quantitative estimate of drug-likeness (QED) is 0.585. The van der Waals surface area contributed by atoms with Crippen molar-refractivity contribution in [2.45, 2.75) is 19.6 Å². The van der Waals surface area contributed by atoms with E-state index in [1.807, 2.05) is 30.3 Å². The fourth-order valence-corrected chi connectivity index (χ4v) is 1.89. The van der Waals surface area contributed by atoms with Gasteiger partial charge in [0.15, 0.2) is 6.10 Å². The highest BCUT2D eigenvalue weighted by Gasteiger charge is 2.28. The van der Waals surface area contributed by atoms with Crippen LogP contribution < -0.4 is 0 Å². The van der Waals surface area contributed by atoms with Crippen molar-refractivity contribution in [1.29, 1.82) is 0 Å². The number of aliphatic hydroxyl groups is 1. The van der Waals surface area contributed by atoms with Crippen LogP contribution in [0.15, 0.2) is 43.0 Å². The van der Waals surface area contributed by atoms with Gasteiger partial charge < -0.3 is 14.6 Å². The molecule has 1 aromatic carbocycles. The molecule has 0 bridgehead atoms. The van der Waals surface area contributed by atoms with Crippen LogP contribution in [-0.4, -0.2) is 30.9 Å². The zero-order chi connectivity index (χ0) is 15.0. The van der Waals surface area contributed by atoms with Gasteiger partial charge in [-0.15, -0.1) is 6.58 Å². The average molecular weight is 278 g/mol. The Bertz CT molecular complexity index is 416. The summed E-state index contributed by atoms with van der Waals surface area (Å²) in [7, 11) is 1.26. The van der Waals surface area contributed by atoms with E-state index in [9.17, 15) is 9.90 Å². The third-order valence-electron chi connectivity index (χ3n) is 3.34. The maximum atomic E-state index is 11.3. The average Bonchev–Trinajstić information content (AvgIpc) is 2.50. The molecule has 1 N–H and O–H groups in total. The highest BCUT2D eigenvalue weighted by atomic mass is 16.5. The molecule has 4 nitrogen and oxygen atoms in total. The van der Waals surface area contributed by atoms with Crippen molar-refractivity contribution < 1.29 is 19.4 Å². The van der Waals surface area contributed by atoms with Crippen LogP contribution in [-0.2, 0) is 20.9 Å². The third-order valence-corrected chi connectivity index (χ3v) is 3.34. The SMILES string of the molecule is C=C[C@@H](COCc1ccccc1)[C@H](C)[C@H](O)C(=O)OC. The molecule has 0 amide bonds. The van der Waals surface area contributed by atoms with E-state index in [4.69, 9.17) is 4.74 Å². The van der Waals surface area contributed by atoms with Crippen LogP contribution in [0.25, 0.3) is 0 Å². The van der Waals surface area contributed by atoms with E-state index in [0.29, 0.717) is 13.2 Å². The predicted molar refractivity (Wildman–Crippen MR) is 77.0 cm³/mol. The number of rotatable bonds is 8. The van der Waals surface area contributed by atoms with Crippen LogP contribution in [0.1, 0.15) is 12.5 Å². The predicted octanol–water partition coefficient (Wildman–Crippen LogP) is 2.18. The fraction of sp³-hybridized carbons (Fsp3) is 0.438. The summed E-state index contributed by atoms with van der Waals surface area (Å²) in [6.45, 7) is 6.40. The molecule has 4 heteroatoms. The molecule has 1 aromatic rings. The zero-order valence-corrected chi connectivity index (χ0v) is 12.0. The van der Waals surface area contributed by atoms with E-state index in [2.05, 4.69) is 11.3 Å². The number of benzene rings is 1. The highest BCUT2D eigenvalue weighted by Crippen LogP contribution is 2.19. The molecule has 110 valence electrons. The van der Waals surface area contributed by atoms with Crippen molar-refractivity contribution in [2.75, 3.05) is 13.7 Å². The largest absolute Gasteiger partial charge is 0.467 e. The van der Waals surface area contributed by atoms with Crippen molar-refractivity contribution >= 4 is 5.97 Å². The van der Waals surface area contributed by atoms with E-state index in [-0.39, 0.29) is 11.8 Å². The van der Waals surface area contributed by atoms with E-state index in [0.717, 1.165) is 5.56 Å². The van der Waals surface area contributed by atoms with Gasteiger partial charge in [-0.2, -0.15) is 0 Å². The molecule has 0 radical (unpaired) electrons. The van der Waals surface area contributed by atoms with Crippen molar-refractivity contribution in [3.8, 4) is 0 Å². The van der Waals surface area contributed by atoms with Gasteiger partial charge in [0, 0.05) is 11.8 Å². The normalized spacial score (nSPS) is 15.2. The number of carbonyl (C=O) groups is 1. The standard InChI is InChI=1S/C16H22O4/c1-4-14(12(2)15(17)16(18)19-3)11-20-10-13-8-6-5-7-9-13/h4-9,12,14-15,17H,1,10-11H2,2-3H3/t12-,14-,15-/m0/s1. The first-order chi connectivity index (χ1) is 9.60. The molecule has 20 heavy (non-hydrogen) atoms. The second-order valence-electron chi connectivity index (χ2n) is 4.73. The van der Waals surface area contributed by atoms with Crippen molar-refractivity contribution in [3.63, 3.8) is 0 Å². The molecule has 0 aliphatic carbocycles. The zero-order valence-electron chi connectivity index (χ0n) is 12.0. The summed E-state index contributed by atoms with van der Waals surface area (Å²) in [6.07, 6.45) is 0.533. The number of methoxy groups -OCH3 is 1. The Labute approximate surface area is 120 Å². The molecule has 0 unspecified atom stereocenters. The first-order valence-electron chi connectivity index (χ1n) is 6.60. The van der Waals surface area contributed by atoms with Crippen molar-refractivity contribution in [3.05, 3.63) is 48.6 Å². The minimum Gasteiger partial charge on any atom is -0.467 e. The Morgan fingerprint density at radius 1 is 1.40 bits per heavy atom. The number of esters is 1. The van der Waals surface area contributed by atoms with Crippen LogP contribution in [0.3, 0.4) is 0 Å².